The summed E-state index contributed by atoms with van der Waals surface area (Å²) in [7, 11) is 0. The third kappa shape index (κ3) is 3.36. The van der Waals surface area contributed by atoms with Crippen molar-refractivity contribution in [3.8, 4) is 0 Å². The molecule has 1 spiro atoms. The van der Waals surface area contributed by atoms with E-state index in [1.54, 1.807) is 27.7 Å². The zero-order valence-electron chi connectivity index (χ0n) is 13.1. The van der Waals surface area contributed by atoms with Crippen LogP contribution >= 0.6 is 0 Å². The summed E-state index contributed by atoms with van der Waals surface area (Å²) in [5.74, 6) is -1.43. The lowest BCUT2D eigenvalue weighted by atomic mass is 9.81. The van der Waals surface area contributed by atoms with Crippen LogP contribution in [0.5, 0.6) is 0 Å². The van der Waals surface area contributed by atoms with Crippen molar-refractivity contribution in [1.29, 1.82) is 0 Å². The second-order valence-corrected chi connectivity index (χ2v) is 6.85. The van der Waals surface area contributed by atoms with Crippen LogP contribution in [0.2, 0.25) is 0 Å². The SMILES string of the molecule is CCOC(=O)C1C(=O)CN(C(=O)OC(C)(C)C)CC12CC2. The molecule has 2 fully saturated rings. The molecule has 1 atom stereocenters. The highest BCUT2D eigenvalue weighted by Gasteiger charge is 2.60. The Morgan fingerprint density at radius 1 is 1.33 bits per heavy atom. The van der Waals surface area contributed by atoms with E-state index in [0.29, 0.717) is 6.54 Å². The van der Waals surface area contributed by atoms with Gasteiger partial charge in [0.15, 0.2) is 5.78 Å². The number of carbonyl (C=O) groups excluding carboxylic acids is 3. The molecular formula is C15H23NO5. The van der Waals surface area contributed by atoms with Crippen LogP contribution in [0.15, 0.2) is 0 Å². The van der Waals surface area contributed by atoms with E-state index in [9.17, 15) is 14.4 Å². The van der Waals surface area contributed by atoms with E-state index in [2.05, 4.69) is 0 Å². The van der Waals surface area contributed by atoms with Gasteiger partial charge in [0.1, 0.15) is 11.5 Å². The van der Waals surface area contributed by atoms with Crippen molar-refractivity contribution in [3.63, 3.8) is 0 Å². The average Bonchev–Trinajstić information content (AvgIpc) is 3.06. The summed E-state index contributed by atoms with van der Waals surface area (Å²) in [6.07, 6.45) is 1.03. The molecular weight excluding hydrogens is 274 g/mol. The summed E-state index contributed by atoms with van der Waals surface area (Å²) in [5.41, 5.74) is -1.03. The number of ether oxygens (including phenoxy) is 2. The lowest BCUT2D eigenvalue weighted by Gasteiger charge is -2.37. The summed E-state index contributed by atoms with van der Waals surface area (Å²) < 4.78 is 10.3. The highest BCUT2D eigenvalue weighted by Crippen LogP contribution is 2.55. The van der Waals surface area contributed by atoms with Crippen LogP contribution in [0.4, 0.5) is 4.79 Å². The molecule has 0 aromatic rings. The van der Waals surface area contributed by atoms with Crippen molar-refractivity contribution in [2.45, 2.75) is 46.1 Å². The lowest BCUT2D eigenvalue weighted by molar-refractivity contribution is -0.157. The first-order valence-electron chi connectivity index (χ1n) is 7.36. The van der Waals surface area contributed by atoms with Crippen molar-refractivity contribution in [1.82, 2.24) is 4.90 Å². The van der Waals surface area contributed by atoms with Gasteiger partial charge in [0, 0.05) is 12.0 Å². The molecule has 2 rings (SSSR count). The molecule has 1 saturated carbocycles. The maximum absolute atomic E-state index is 12.3. The lowest BCUT2D eigenvalue weighted by Crippen LogP contribution is -2.54. The molecule has 1 amide bonds. The Balaban J connectivity index is 2.09. The number of nitrogens with zero attached hydrogens (tertiary/aromatic N) is 1. The van der Waals surface area contributed by atoms with Gasteiger partial charge in [-0.25, -0.2) is 4.79 Å². The minimum atomic E-state index is -0.726. The Labute approximate surface area is 124 Å². The number of Topliss-reactive ketones (excluding diaryl/α,β-unsaturated/α-hetero) is 1. The molecule has 0 aromatic heterocycles. The van der Waals surface area contributed by atoms with Gasteiger partial charge in [-0.1, -0.05) is 0 Å². The number of amides is 1. The van der Waals surface area contributed by atoms with Crippen LogP contribution in [0.1, 0.15) is 40.5 Å². The van der Waals surface area contributed by atoms with E-state index in [1.807, 2.05) is 0 Å². The fraction of sp³-hybridized carbons (Fsp3) is 0.800. The van der Waals surface area contributed by atoms with Crippen molar-refractivity contribution in [2.24, 2.45) is 11.3 Å². The minimum absolute atomic E-state index is 0.0832. The van der Waals surface area contributed by atoms with E-state index >= 15 is 0 Å². The molecule has 1 aliphatic carbocycles. The Kier molecular flexibility index (Phi) is 4.00. The van der Waals surface area contributed by atoms with Crippen LogP contribution < -0.4 is 0 Å². The van der Waals surface area contributed by atoms with Gasteiger partial charge in [0.25, 0.3) is 0 Å². The molecule has 1 heterocycles. The molecule has 6 nitrogen and oxygen atoms in total. The quantitative estimate of drug-likeness (QED) is 0.573. The molecule has 118 valence electrons. The van der Waals surface area contributed by atoms with Crippen molar-refractivity contribution in [2.75, 3.05) is 19.7 Å². The molecule has 1 saturated heterocycles. The topological polar surface area (TPSA) is 72.9 Å². The maximum atomic E-state index is 12.3. The highest BCUT2D eigenvalue weighted by atomic mass is 16.6. The van der Waals surface area contributed by atoms with Crippen molar-refractivity contribution >= 4 is 17.8 Å². The van der Waals surface area contributed by atoms with Gasteiger partial charge in [0.05, 0.1) is 13.2 Å². The summed E-state index contributed by atoms with van der Waals surface area (Å²) in [6.45, 7) is 7.63. The van der Waals surface area contributed by atoms with Gasteiger partial charge in [0.2, 0.25) is 0 Å². The number of ketones is 1. The number of hydrogen-bond donors (Lipinski definition) is 0. The van der Waals surface area contributed by atoms with Crippen LogP contribution in [0, 0.1) is 11.3 Å². The number of rotatable bonds is 2. The fourth-order valence-electron chi connectivity index (χ4n) is 2.82. The number of hydrogen-bond acceptors (Lipinski definition) is 5. The number of piperidine rings is 1. The van der Waals surface area contributed by atoms with Crippen LogP contribution in [-0.2, 0) is 19.1 Å². The van der Waals surface area contributed by atoms with E-state index in [0.717, 1.165) is 12.8 Å². The molecule has 1 aliphatic heterocycles. The van der Waals surface area contributed by atoms with Gasteiger partial charge < -0.3 is 14.4 Å². The summed E-state index contributed by atoms with van der Waals surface area (Å²) in [4.78, 5) is 37.8. The molecule has 0 N–H and O–H groups in total. The molecule has 6 heteroatoms. The first-order valence-corrected chi connectivity index (χ1v) is 7.36. The number of likely N-dealkylation sites (tertiary alicyclic amines) is 1. The zero-order chi connectivity index (χ0) is 15.8. The van der Waals surface area contributed by atoms with Gasteiger partial charge in [-0.2, -0.15) is 0 Å². The van der Waals surface area contributed by atoms with Crippen molar-refractivity contribution in [3.05, 3.63) is 0 Å². The predicted molar refractivity (Wildman–Crippen MR) is 74.6 cm³/mol. The smallest absolute Gasteiger partial charge is 0.410 e. The van der Waals surface area contributed by atoms with E-state index in [-0.39, 0.29) is 18.9 Å². The van der Waals surface area contributed by atoms with E-state index < -0.39 is 29.0 Å². The fourth-order valence-corrected chi connectivity index (χ4v) is 2.82. The normalized spacial score (nSPS) is 23.9. The molecule has 21 heavy (non-hydrogen) atoms. The minimum Gasteiger partial charge on any atom is -0.465 e. The van der Waals surface area contributed by atoms with Gasteiger partial charge >= 0.3 is 12.1 Å². The molecule has 0 aromatic carbocycles. The Hall–Kier alpha value is -1.59. The van der Waals surface area contributed by atoms with E-state index in [1.165, 1.54) is 4.90 Å². The first-order chi connectivity index (χ1) is 9.68. The van der Waals surface area contributed by atoms with Crippen LogP contribution in [0.25, 0.3) is 0 Å². The Morgan fingerprint density at radius 2 is 1.95 bits per heavy atom. The monoisotopic (exact) mass is 297 g/mol. The van der Waals surface area contributed by atoms with Gasteiger partial charge in [-0.15, -0.1) is 0 Å². The summed E-state index contributed by atoms with van der Waals surface area (Å²) in [5, 5.41) is 0. The zero-order valence-corrected chi connectivity index (χ0v) is 13.1. The van der Waals surface area contributed by atoms with Crippen LogP contribution in [0.3, 0.4) is 0 Å². The molecule has 0 radical (unpaired) electrons. The second kappa shape index (κ2) is 5.31. The summed E-state index contributed by atoms with van der Waals surface area (Å²) in [6, 6.07) is 0. The van der Waals surface area contributed by atoms with Crippen molar-refractivity contribution < 1.29 is 23.9 Å². The number of carbonyl (C=O) groups is 3. The predicted octanol–water partition coefficient (Wildman–Crippen LogP) is 1.77. The standard InChI is InChI=1S/C15H23NO5/c1-5-20-12(18)11-10(17)8-16(9-15(11)6-7-15)13(19)21-14(2,3)4/h11H,5-9H2,1-4H3. The summed E-state index contributed by atoms with van der Waals surface area (Å²) >= 11 is 0. The Morgan fingerprint density at radius 3 is 2.43 bits per heavy atom. The van der Waals surface area contributed by atoms with Crippen LogP contribution in [-0.4, -0.2) is 48.0 Å². The molecule has 1 unspecified atom stereocenters. The third-order valence-corrected chi connectivity index (χ3v) is 3.85. The third-order valence-electron chi connectivity index (χ3n) is 3.85. The van der Waals surface area contributed by atoms with Gasteiger partial charge in [-0.3, -0.25) is 9.59 Å². The molecule has 2 aliphatic rings. The highest BCUT2D eigenvalue weighted by molar-refractivity contribution is 6.03. The number of esters is 1. The average molecular weight is 297 g/mol. The molecule has 0 bridgehead atoms. The van der Waals surface area contributed by atoms with Gasteiger partial charge in [-0.05, 0) is 40.5 Å². The first kappa shape index (κ1) is 15.8. The second-order valence-electron chi connectivity index (χ2n) is 6.85. The largest absolute Gasteiger partial charge is 0.465 e. The van der Waals surface area contributed by atoms with E-state index in [4.69, 9.17) is 9.47 Å². The Bertz CT molecular complexity index is 461. The maximum Gasteiger partial charge on any atom is 0.410 e.